The van der Waals surface area contributed by atoms with Crippen molar-refractivity contribution in [2.75, 3.05) is 26.8 Å². The Kier molecular flexibility index (Phi) is 7.66. The molecule has 0 bridgehead atoms. The summed E-state index contributed by atoms with van der Waals surface area (Å²) < 4.78 is 34.6. The number of methoxy groups -OCH3 is 1. The second kappa shape index (κ2) is 10.1. The summed E-state index contributed by atoms with van der Waals surface area (Å²) in [5.74, 6) is -0.449. The van der Waals surface area contributed by atoms with Crippen molar-refractivity contribution < 1.29 is 17.9 Å². The minimum Gasteiger partial charge on any atom is -0.383 e. The van der Waals surface area contributed by atoms with Crippen LogP contribution in [-0.2, 0) is 21.3 Å². The molecule has 0 aliphatic heterocycles. The van der Waals surface area contributed by atoms with Crippen molar-refractivity contribution in [3.05, 3.63) is 57.9 Å². The summed E-state index contributed by atoms with van der Waals surface area (Å²) in [6.45, 7) is 5.33. The molecule has 0 atom stereocenters. The number of benzene rings is 2. The SMILES string of the molecule is CCN(CC)S(=O)(=O)c1ccc(C(=O)N=c2sc3cc(Cl)ccc3n2CCOC)cc1. The summed E-state index contributed by atoms with van der Waals surface area (Å²) in [5.41, 5.74) is 1.23. The number of hydrogen-bond acceptors (Lipinski definition) is 5. The van der Waals surface area contributed by atoms with E-state index in [4.69, 9.17) is 16.3 Å². The van der Waals surface area contributed by atoms with Crippen LogP contribution in [-0.4, -0.2) is 50.0 Å². The number of carbonyl (C=O) groups excluding carboxylic acids is 1. The number of aromatic nitrogens is 1. The molecular formula is C21H24ClN3O4S2. The van der Waals surface area contributed by atoms with Crippen LogP contribution in [0.15, 0.2) is 52.4 Å². The van der Waals surface area contributed by atoms with Gasteiger partial charge < -0.3 is 9.30 Å². The highest BCUT2D eigenvalue weighted by atomic mass is 35.5. The van der Waals surface area contributed by atoms with Gasteiger partial charge in [-0.2, -0.15) is 9.30 Å². The highest BCUT2D eigenvalue weighted by Gasteiger charge is 2.21. The number of sulfonamides is 1. The molecule has 0 saturated carbocycles. The summed E-state index contributed by atoms with van der Waals surface area (Å²) in [4.78, 5) is 17.8. The van der Waals surface area contributed by atoms with E-state index < -0.39 is 15.9 Å². The second-order valence-electron chi connectivity index (χ2n) is 6.67. The fraction of sp³-hybridized carbons (Fsp3) is 0.333. The number of nitrogens with zero attached hydrogens (tertiary/aromatic N) is 3. The molecule has 31 heavy (non-hydrogen) atoms. The summed E-state index contributed by atoms with van der Waals surface area (Å²) in [7, 11) is -1.97. The number of ether oxygens (including phenoxy) is 1. The molecule has 10 heteroatoms. The van der Waals surface area contributed by atoms with Crippen molar-refractivity contribution in [1.82, 2.24) is 8.87 Å². The predicted molar refractivity (Wildman–Crippen MR) is 123 cm³/mol. The van der Waals surface area contributed by atoms with Gasteiger partial charge in [-0.05, 0) is 42.5 Å². The van der Waals surface area contributed by atoms with Gasteiger partial charge in [0.15, 0.2) is 4.80 Å². The fourth-order valence-electron chi connectivity index (χ4n) is 3.16. The normalized spacial score (nSPS) is 12.7. The van der Waals surface area contributed by atoms with Crippen LogP contribution >= 0.6 is 22.9 Å². The average Bonchev–Trinajstić information content (AvgIpc) is 3.08. The molecule has 1 aromatic heterocycles. The van der Waals surface area contributed by atoms with Gasteiger partial charge in [0, 0.05) is 37.3 Å². The molecule has 0 N–H and O–H groups in total. The molecule has 0 saturated heterocycles. The lowest BCUT2D eigenvalue weighted by molar-refractivity contribution is 0.0997. The van der Waals surface area contributed by atoms with Crippen molar-refractivity contribution in [1.29, 1.82) is 0 Å². The van der Waals surface area contributed by atoms with E-state index in [1.807, 2.05) is 16.7 Å². The van der Waals surface area contributed by atoms with E-state index in [1.165, 1.54) is 39.9 Å². The molecule has 3 aromatic rings. The van der Waals surface area contributed by atoms with E-state index in [0.29, 0.717) is 41.6 Å². The van der Waals surface area contributed by atoms with E-state index in [2.05, 4.69) is 4.99 Å². The van der Waals surface area contributed by atoms with Crippen LogP contribution in [0.5, 0.6) is 0 Å². The van der Waals surface area contributed by atoms with Crippen molar-refractivity contribution in [2.24, 2.45) is 4.99 Å². The van der Waals surface area contributed by atoms with Gasteiger partial charge in [-0.1, -0.05) is 36.8 Å². The molecule has 0 aliphatic carbocycles. The number of thiazole rings is 1. The lowest BCUT2D eigenvalue weighted by Gasteiger charge is -2.18. The van der Waals surface area contributed by atoms with Crippen LogP contribution in [0.25, 0.3) is 10.2 Å². The summed E-state index contributed by atoms with van der Waals surface area (Å²) in [6.07, 6.45) is 0. The Balaban J connectivity index is 1.98. The minimum absolute atomic E-state index is 0.152. The van der Waals surface area contributed by atoms with Crippen LogP contribution in [0.4, 0.5) is 0 Å². The molecule has 0 unspecified atom stereocenters. The van der Waals surface area contributed by atoms with Crippen LogP contribution in [0.2, 0.25) is 5.02 Å². The van der Waals surface area contributed by atoms with E-state index >= 15 is 0 Å². The Morgan fingerprint density at radius 3 is 2.45 bits per heavy atom. The Morgan fingerprint density at radius 2 is 1.84 bits per heavy atom. The molecule has 0 radical (unpaired) electrons. The Labute approximate surface area is 190 Å². The zero-order valence-corrected chi connectivity index (χ0v) is 19.9. The van der Waals surface area contributed by atoms with E-state index in [1.54, 1.807) is 27.0 Å². The highest BCUT2D eigenvalue weighted by molar-refractivity contribution is 7.89. The maximum absolute atomic E-state index is 12.8. The number of carbonyl (C=O) groups is 1. The Bertz CT molecular complexity index is 1240. The van der Waals surface area contributed by atoms with Gasteiger partial charge in [0.2, 0.25) is 10.0 Å². The quantitative estimate of drug-likeness (QED) is 0.490. The van der Waals surface area contributed by atoms with Crippen LogP contribution < -0.4 is 4.80 Å². The molecule has 3 rings (SSSR count). The number of amides is 1. The highest BCUT2D eigenvalue weighted by Crippen LogP contribution is 2.22. The van der Waals surface area contributed by atoms with Gasteiger partial charge >= 0.3 is 0 Å². The van der Waals surface area contributed by atoms with Crippen LogP contribution in [0, 0.1) is 0 Å². The number of halogens is 1. The van der Waals surface area contributed by atoms with E-state index in [0.717, 1.165) is 10.2 Å². The maximum atomic E-state index is 12.8. The van der Waals surface area contributed by atoms with Crippen LogP contribution in [0.1, 0.15) is 24.2 Å². The summed E-state index contributed by atoms with van der Waals surface area (Å²) >= 11 is 7.47. The topological polar surface area (TPSA) is 81.0 Å². The van der Waals surface area contributed by atoms with Crippen molar-refractivity contribution in [3.63, 3.8) is 0 Å². The van der Waals surface area contributed by atoms with Gasteiger partial charge in [-0.25, -0.2) is 8.42 Å². The maximum Gasteiger partial charge on any atom is 0.279 e. The van der Waals surface area contributed by atoms with Crippen LogP contribution in [0.3, 0.4) is 0 Å². The summed E-state index contributed by atoms with van der Waals surface area (Å²) in [6, 6.07) is 11.4. The van der Waals surface area contributed by atoms with Gasteiger partial charge in [0.1, 0.15) is 0 Å². The second-order valence-corrected chi connectivity index (χ2v) is 10.1. The molecule has 0 fully saturated rings. The van der Waals surface area contributed by atoms with Crippen molar-refractivity contribution in [3.8, 4) is 0 Å². The molecule has 1 heterocycles. The molecule has 7 nitrogen and oxygen atoms in total. The minimum atomic E-state index is -3.58. The van der Waals surface area contributed by atoms with Gasteiger partial charge in [-0.15, -0.1) is 0 Å². The largest absolute Gasteiger partial charge is 0.383 e. The molecule has 2 aromatic carbocycles. The molecule has 166 valence electrons. The van der Waals surface area contributed by atoms with Gasteiger partial charge in [-0.3, -0.25) is 4.79 Å². The third-order valence-electron chi connectivity index (χ3n) is 4.81. The third-order valence-corrected chi connectivity index (χ3v) is 8.15. The third kappa shape index (κ3) is 5.07. The zero-order chi connectivity index (χ0) is 22.6. The first kappa shape index (κ1) is 23.6. The Morgan fingerprint density at radius 1 is 1.16 bits per heavy atom. The number of hydrogen-bond donors (Lipinski definition) is 0. The van der Waals surface area contributed by atoms with Gasteiger partial charge in [0.05, 0.1) is 21.7 Å². The zero-order valence-electron chi connectivity index (χ0n) is 17.5. The smallest absolute Gasteiger partial charge is 0.279 e. The lowest BCUT2D eigenvalue weighted by Crippen LogP contribution is -2.30. The number of fused-ring (bicyclic) bond motifs is 1. The standard InChI is InChI=1S/C21H24ClN3O4S2/c1-4-24(5-2)31(27,28)17-9-6-15(7-10-17)20(26)23-21-25(12-13-29-3)18-11-8-16(22)14-19(18)30-21/h6-11,14H,4-5,12-13H2,1-3H3. The first-order chi connectivity index (χ1) is 14.8. The monoisotopic (exact) mass is 481 g/mol. The first-order valence-corrected chi connectivity index (χ1v) is 12.4. The fourth-order valence-corrected chi connectivity index (χ4v) is 5.95. The van der Waals surface area contributed by atoms with Crippen molar-refractivity contribution >= 4 is 49.1 Å². The van der Waals surface area contributed by atoms with E-state index in [9.17, 15) is 13.2 Å². The Hall–Kier alpha value is -2.04. The average molecular weight is 482 g/mol. The lowest BCUT2D eigenvalue weighted by atomic mass is 10.2. The molecule has 1 amide bonds. The summed E-state index contributed by atoms with van der Waals surface area (Å²) in [5, 5.41) is 0.607. The first-order valence-electron chi connectivity index (χ1n) is 9.79. The predicted octanol–water partition coefficient (Wildman–Crippen LogP) is 3.77. The number of rotatable bonds is 8. The van der Waals surface area contributed by atoms with Gasteiger partial charge in [0.25, 0.3) is 5.91 Å². The molecular weight excluding hydrogens is 458 g/mol. The van der Waals surface area contributed by atoms with E-state index in [-0.39, 0.29) is 4.90 Å². The molecule has 0 aliphatic rings. The van der Waals surface area contributed by atoms with Crippen molar-refractivity contribution in [2.45, 2.75) is 25.3 Å². The molecule has 0 spiro atoms.